The molecule has 0 aliphatic heterocycles. The minimum atomic E-state index is -4.96. The highest BCUT2D eigenvalue weighted by Gasteiger charge is 2.30. The third-order valence-corrected chi connectivity index (χ3v) is 20.3. The van der Waals surface area contributed by atoms with Crippen molar-refractivity contribution in [1.29, 1.82) is 0 Å². The molecule has 95 heavy (non-hydrogen) atoms. The standard InChI is InChI=1S/C76H148O17P2/c1-8-11-12-13-14-15-16-17-18-19-20-21-22-23-24-25-26-29-36-45-52-59-75(80)92-71(63-86-73(78)57-50-43-35-30-27-28-33-40-47-54-67(4)5)65-90-94(82,83)88-61-70(77)62-89-95(84,85)91-66-72(64-87-74(79)58-51-44-39-38-42-49-56-69(7)10-3)93-76(81)60-53-46-37-32-31-34-41-48-55-68(6)9-2/h67-72,77H,8-66H2,1-7H3,(H,82,83)(H,84,85)/t68?,69?,70-,71-,72-/m1/s1. The fraction of sp³-hybridized carbons (Fsp3) is 0.947. The quantitative estimate of drug-likeness (QED) is 0.0222. The maximum absolute atomic E-state index is 13.1. The van der Waals surface area contributed by atoms with Crippen LogP contribution in [0.4, 0.5) is 0 Å². The predicted octanol–water partition coefficient (Wildman–Crippen LogP) is 22.2. The van der Waals surface area contributed by atoms with Crippen molar-refractivity contribution < 1.29 is 80.2 Å². The fourth-order valence-electron chi connectivity index (χ4n) is 11.5. The van der Waals surface area contributed by atoms with Crippen LogP contribution in [0.15, 0.2) is 0 Å². The zero-order chi connectivity index (χ0) is 70.1. The molecule has 564 valence electrons. The molecule has 0 amide bonds. The number of carbonyl (C=O) groups excluding carboxylic acids is 4. The van der Waals surface area contributed by atoms with Crippen LogP contribution in [0.2, 0.25) is 0 Å². The molecule has 0 aromatic carbocycles. The molecule has 0 aliphatic carbocycles. The number of carbonyl (C=O) groups is 4. The minimum Gasteiger partial charge on any atom is -0.462 e. The smallest absolute Gasteiger partial charge is 0.462 e. The normalized spacial score (nSPS) is 14.6. The number of hydrogen-bond acceptors (Lipinski definition) is 15. The summed E-state index contributed by atoms with van der Waals surface area (Å²) in [6, 6.07) is 0. The third kappa shape index (κ3) is 67.6. The van der Waals surface area contributed by atoms with Crippen LogP contribution >= 0.6 is 15.6 Å². The molecule has 0 spiro atoms. The van der Waals surface area contributed by atoms with E-state index in [1.165, 1.54) is 193 Å². The Morgan fingerprint density at radius 2 is 0.537 bits per heavy atom. The lowest BCUT2D eigenvalue weighted by atomic mass is 9.99. The number of aliphatic hydroxyl groups is 1. The Balaban J connectivity index is 5.20. The van der Waals surface area contributed by atoms with Crippen molar-refractivity contribution in [3.63, 3.8) is 0 Å². The van der Waals surface area contributed by atoms with Crippen LogP contribution in [-0.4, -0.2) is 96.7 Å². The Bertz CT molecular complexity index is 1860. The van der Waals surface area contributed by atoms with E-state index in [4.69, 9.17) is 37.0 Å². The second-order valence-electron chi connectivity index (χ2n) is 28.4. The van der Waals surface area contributed by atoms with Crippen LogP contribution in [-0.2, 0) is 65.4 Å². The molecule has 0 rings (SSSR count). The molecule has 4 unspecified atom stereocenters. The van der Waals surface area contributed by atoms with Gasteiger partial charge < -0.3 is 33.8 Å². The summed E-state index contributed by atoms with van der Waals surface area (Å²) in [4.78, 5) is 72.8. The molecule has 17 nitrogen and oxygen atoms in total. The Kier molecular flexibility index (Phi) is 65.2. The summed E-state index contributed by atoms with van der Waals surface area (Å²) in [5.74, 6) is 0.121. The summed E-state index contributed by atoms with van der Waals surface area (Å²) in [6.07, 6.45) is 52.9. The van der Waals surface area contributed by atoms with Gasteiger partial charge in [-0.05, 0) is 43.4 Å². The van der Waals surface area contributed by atoms with E-state index in [-0.39, 0.29) is 25.7 Å². The van der Waals surface area contributed by atoms with Gasteiger partial charge >= 0.3 is 39.5 Å². The van der Waals surface area contributed by atoms with Crippen molar-refractivity contribution in [2.45, 2.75) is 407 Å². The van der Waals surface area contributed by atoms with E-state index < -0.39 is 97.5 Å². The van der Waals surface area contributed by atoms with Crippen molar-refractivity contribution in [2.24, 2.45) is 17.8 Å². The van der Waals surface area contributed by atoms with E-state index >= 15 is 0 Å². The summed E-state index contributed by atoms with van der Waals surface area (Å²) in [5.41, 5.74) is 0. The maximum Gasteiger partial charge on any atom is 0.472 e. The van der Waals surface area contributed by atoms with Gasteiger partial charge in [0.05, 0.1) is 26.4 Å². The average Bonchev–Trinajstić information content (AvgIpc) is 1.76. The highest BCUT2D eigenvalue weighted by molar-refractivity contribution is 7.47. The van der Waals surface area contributed by atoms with Gasteiger partial charge in [0.25, 0.3) is 0 Å². The maximum atomic E-state index is 13.1. The topological polar surface area (TPSA) is 237 Å². The number of phosphoric acid groups is 2. The Labute approximate surface area is 581 Å². The molecule has 0 heterocycles. The zero-order valence-electron chi connectivity index (χ0n) is 62.1. The van der Waals surface area contributed by atoms with E-state index in [1.54, 1.807) is 0 Å². The predicted molar refractivity (Wildman–Crippen MR) is 386 cm³/mol. The number of aliphatic hydroxyl groups excluding tert-OH is 1. The van der Waals surface area contributed by atoms with Crippen LogP contribution in [0.25, 0.3) is 0 Å². The molecular weight excluding hydrogens is 1250 g/mol. The van der Waals surface area contributed by atoms with Crippen LogP contribution in [0.5, 0.6) is 0 Å². The first-order valence-corrected chi connectivity index (χ1v) is 42.4. The van der Waals surface area contributed by atoms with Crippen molar-refractivity contribution in [1.82, 2.24) is 0 Å². The molecule has 0 saturated carbocycles. The van der Waals surface area contributed by atoms with E-state index in [0.29, 0.717) is 25.7 Å². The number of hydrogen-bond donors (Lipinski definition) is 3. The summed E-state index contributed by atoms with van der Waals surface area (Å²) in [5, 5.41) is 10.6. The number of unbranched alkanes of at least 4 members (excludes halogenated alkanes) is 40. The van der Waals surface area contributed by atoms with Crippen LogP contribution < -0.4 is 0 Å². The lowest BCUT2D eigenvalue weighted by Crippen LogP contribution is -2.30. The molecular formula is C76H148O17P2. The van der Waals surface area contributed by atoms with Gasteiger partial charge in [-0.3, -0.25) is 37.3 Å². The highest BCUT2D eigenvalue weighted by atomic mass is 31.2. The molecule has 0 aromatic rings. The fourth-order valence-corrected chi connectivity index (χ4v) is 13.1. The van der Waals surface area contributed by atoms with Crippen molar-refractivity contribution >= 4 is 39.5 Å². The first-order chi connectivity index (χ1) is 45.8. The molecule has 19 heteroatoms. The largest absolute Gasteiger partial charge is 0.472 e. The van der Waals surface area contributed by atoms with Gasteiger partial charge in [0, 0.05) is 25.7 Å². The van der Waals surface area contributed by atoms with E-state index in [2.05, 4.69) is 48.5 Å². The van der Waals surface area contributed by atoms with Crippen molar-refractivity contribution in [3.05, 3.63) is 0 Å². The number of phosphoric ester groups is 2. The Hall–Kier alpha value is -1.94. The molecule has 3 N–H and O–H groups in total. The third-order valence-electron chi connectivity index (χ3n) is 18.4. The van der Waals surface area contributed by atoms with Crippen molar-refractivity contribution in [3.8, 4) is 0 Å². The van der Waals surface area contributed by atoms with Gasteiger partial charge in [-0.25, -0.2) is 9.13 Å². The molecule has 0 fully saturated rings. The van der Waals surface area contributed by atoms with Gasteiger partial charge in [-0.15, -0.1) is 0 Å². The van der Waals surface area contributed by atoms with Gasteiger partial charge in [0.1, 0.15) is 19.3 Å². The van der Waals surface area contributed by atoms with Gasteiger partial charge in [0.2, 0.25) is 0 Å². The van der Waals surface area contributed by atoms with Crippen LogP contribution in [0, 0.1) is 17.8 Å². The zero-order valence-corrected chi connectivity index (χ0v) is 63.9. The van der Waals surface area contributed by atoms with Crippen LogP contribution in [0.3, 0.4) is 0 Å². The van der Waals surface area contributed by atoms with E-state index in [0.717, 1.165) is 114 Å². The summed E-state index contributed by atoms with van der Waals surface area (Å²) in [7, 11) is -9.91. The Morgan fingerprint density at radius 1 is 0.305 bits per heavy atom. The van der Waals surface area contributed by atoms with E-state index in [1.807, 2.05) is 0 Å². The van der Waals surface area contributed by atoms with Gasteiger partial charge in [-0.2, -0.15) is 0 Å². The number of rotatable bonds is 74. The SMILES string of the molecule is CCCCCCCCCCCCCCCCCCCCCCCC(=O)O[C@H](COC(=O)CCCCCCCCCCCC(C)C)COP(=O)(O)OC[C@@H](O)COP(=O)(O)OC[C@@H](COC(=O)CCCCCCCCC(C)CC)OC(=O)CCCCCCCCCCC(C)CC. The van der Waals surface area contributed by atoms with Crippen LogP contribution in [0.1, 0.15) is 389 Å². The minimum absolute atomic E-state index is 0.104. The first kappa shape index (κ1) is 93.1. The number of esters is 4. The molecule has 0 bridgehead atoms. The summed E-state index contributed by atoms with van der Waals surface area (Å²) < 4.78 is 68.5. The summed E-state index contributed by atoms with van der Waals surface area (Å²) in [6.45, 7) is 11.8. The molecule has 0 aliphatic rings. The molecule has 7 atom stereocenters. The van der Waals surface area contributed by atoms with Crippen molar-refractivity contribution in [2.75, 3.05) is 39.6 Å². The highest BCUT2D eigenvalue weighted by Crippen LogP contribution is 2.45. The van der Waals surface area contributed by atoms with E-state index in [9.17, 15) is 43.2 Å². The second kappa shape index (κ2) is 66.6. The first-order valence-electron chi connectivity index (χ1n) is 39.4. The number of ether oxygens (including phenoxy) is 4. The Morgan fingerprint density at radius 3 is 0.800 bits per heavy atom. The lowest BCUT2D eigenvalue weighted by molar-refractivity contribution is -0.161. The second-order valence-corrected chi connectivity index (χ2v) is 31.3. The summed E-state index contributed by atoms with van der Waals surface area (Å²) >= 11 is 0. The molecule has 0 aromatic heterocycles. The average molecular weight is 1400 g/mol. The lowest BCUT2D eigenvalue weighted by Gasteiger charge is -2.21. The molecule has 0 radical (unpaired) electrons. The van der Waals surface area contributed by atoms with Gasteiger partial charge in [0.15, 0.2) is 12.2 Å². The molecule has 0 saturated heterocycles. The monoisotopic (exact) mass is 1400 g/mol. The van der Waals surface area contributed by atoms with Gasteiger partial charge in [-0.1, -0.05) is 337 Å².